The second-order valence-electron chi connectivity index (χ2n) is 12.5. The zero-order valence-electron chi connectivity index (χ0n) is 27.3. The Bertz CT molecular complexity index is 3170. The number of rotatable bonds is 4. The summed E-state index contributed by atoms with van der Waals surface area (Å²) in [5.74, 6) is 0. The second-order valence-corrected chi connectivity index (χ2v) is 12.5. The fourth-order valence-corrected chi connectivity index (χ4v) is 7.68. The van der Waals surface area contributed by atoms with Crippen LogP contribution in [-0.2, 0) is 0 Å². The predicted molar refractivity (Wildman–Crippen MR) is 201 cm³/mol. The van der Waals surface area contributed by atoms with Crippen LogP contribution in [0.1, 0.15) is 11.1 Å². The smallest absolute Gasteiger partial charge is 0.165 e. The Balaban J connectivity index is 1.53. The van der Waals surface area contributed by atoms with E-state index >= 15 is 0 Å². The molecule has 242 valence electrons. The van der Waals surface area contributed by atoms with Crippen LogP contribution in [0.15, 0.2) is 147 Å². The summed E-state index contributed by atoms with van der Waals surface area (Å²) in [5, 5.41) is 4.00. The molecule has 8 heterocycles. The number of nitrogens with zero attached hydrogens (tertiary/aromatic N) is 10. The van der Waals surface area contributed by atoms with Crippen molar-refractivity contribution in [2.24, 2.45) is 0 Å². The summed E-state index contributed by atoms with van der Waals surface area (Å²) >= 11 is 0. The Morgan fingerprint density at radius 1 is 0.462 bits per heavy atom. The summed E-state index contributed by atoms with van der Waals surface area (Å²) in [7, 11) is 0. The van der Waals surface area contributed by atoms with Crippen LogP contribution in [0.5, 0.6) is 0 Å². The Morgan fingerprint density at radius 3 is 1.92 bits per heavy atom. The maximum Gasteiger partial charge on any atom is 0.165 e. The van der Waals surface area contributed by atoms with Gasteiger partial charge < -0.3 is 0 Å². The topological polar surface area (TPSA) is 112 Å². The third kappa shape index (κ3) is 4.00. The molecule has 52 heavy (non-hydrogen) atoms. The molecule has 11 aromatic rings. The standard InChI is InChI=1S/C42H24N10/c1-2-5-25(6-3-1)32-24-49-41-37(50-32)35-30(33-23-45-19-20-46-33)10-9-29-28-7-4-8-31-36-40(48-22-21-47-36)51(38(28)31)42(52(41)39(29)35)34(26-11-15-43-16-12-26)27-13-17-44-18-14-27/h1-24H. The maximum absolute atomic E-state index is 5.41. The molecule has 8 aromatic heterocycles. The van der Waals surface area contributed by atoms with Crippen LogP contribution in [0.3, 0.4) is 0 Å². The van der Waals surface area contributed by atoms with Gasteiger partial charge in [0.25, 0.3) is 0 Å². The van der Waals surface area contributed by atoms with Crippen molar-refractivity contribution in [2.45, 2.75) is 0 Å². The number of hydrogen-bond acceptors (Lipinski definition) is 8. The van der Waals surface area contributed by atoms with Gasteiger partial charge in [-0.05, 0) is 35.4 Å². The molecule has 0 atom stereocenters. The minimum atomic E-state index is 0.689. The van der Waals surface area contributed by atoms with Gasteiger partial charge in [-0.3, -0.25) is 33.7 Å². The van der Waals surface area contributed by atoms with E-state index in [1.165, 1.54) is 0 Å². The summed E-state index contributed by atoms with van der Waals surface area (Å²) < 4.78 is 4.50. The lowest BCUT2D eigenvalue weighted by atomic mass is 10.0. The van der Waals surface area contributed by atoms with Crippen molar-refractivity contribution in [2.75, 3.05) is 0 Å². The molecule has 0 amide bonds. The van der Waals surface area contributed by atoms with Crippen molar-refractivity contribution in [1.29, 1.82) is 0 Å². The van der Waals surface area contributed by atoms with E-state index in [0.717, 1.165) is 94.0 Å². The molecule has 0 bridgehead atoms. The van der Waals surface area contributed by atoms with Crippen molar-refractivity contribution in [3.8, 4) is 22.5 Å². The molecule has 0 N–H and O–H groups in total. The predicted octanol–water partition coefficient (Wildman–Crippen LogP) is 7.27. The molecule has 0 aliphatic carbocycles. The van der Waals surface area contributed by atoms with E-state index in [9.17, 15) is 0 Å². The monoisotopic (exact) mass is 668 g/mol. The van der Waals surface area contributed by atoms with Crippen LogP contribution < -0.4 is 5.48 Å². The first-order valence-corrected chi connectivity index (χ1v) is 16.8. The van der Waals surface area contributed by atoms with Crippen molar-refractivity contribution in [3.05, 3.63) is 164 Å². The largest absolute Gasteiger partial charge is 0.276 e. The summed E-state index contributed by atoms with van der Waals surface area (Å²) in [5.41, 5.74) is 12.0. The number of hydrogen-bond donors (Lipinski definition) is 0. The number of aromatic nitrogens is 10. The normalized spacial score (nSPS) is 11.8. The van der Waals surface area contributed by atoms with Crippen LogP contribution in [0.25, 0.3) is 83.0 Å². The molecule has 0 aliphatic rings. The molecule has 0 fully saturated rings. The van der Waals surface area contributed by atoms with Gasteiger partial charge in [0.1, 0.15) is 16.5 Å². The van der Waals surface area contributed by atoms with Gasteiger partial charge in [-0.15, -0.1) is 0 Å². The molecule has 0 unspecified atom stereocenters. The Labute approximate surface area is 294 Å². The summed E-state index contributed by atoms with van der Waals surface area (Å²) in [4.78, 5) is 38.6. The summed E-state index contributed by atoms with van der Waals surface area (Å²) in [6.07, 6.45) is 17.9. The van der Waals surface area contributed by atoms with Crippen LogP contribution in [-0.4, -0.2) is 48.7 Å². The Kier molecular flexibility index (Phi) is 6.02. The Hall–Kier alpha value is -7.46. The lowest BCUT2D eigenvalue weighted by Gasteiger charge is -2.11. The molecule has 3 aromatic carbocycles. The van der Waals surface area contributed by atoms with E-state index in [4.69, 9.17) is 24.9 Å². The fourth-order valence-electron chi connectivity index (χ4n) is 7.68. The van der Waals surface area contributed by atoms with Crippen molar-refractivity contribution >= 4 is 60.5 Å². The van der Waals surface area contributed by atoms with Crippen LogP contribution in [0.4, 0.5) is 0 Å². The third-order valence-corrected chi connectivity index (χ3v) is 9.79. The molecular weight excluding hydrogens is 645 g/mol. The van der Waals surface area contributed by atoms with Gasteiger partial charge in [0.15, 0.2) is 11.3 Å². The lowest BCUT2D eigenvalue weighted by Crippen LogP contribution is -2.25. The Morgan fingerprint density at radius 2 is 1.15 bits per heavy atom. The second kappa shape index (κ2) is 11.0. The van der Waals surface area contributed by atoms with Gasteiger partial charge in [-0.25, -0.2) is 15.0 Å². The van der Waals surface area contributed by atoms with E-state index in [0.29, 0.717) is 5.65 Å². The molecule has 11 rings (SSSR count). The zero-order chi connectivity index (χ0) is 34.2. The SMILES string of the molecule is c1ccc(-c2cnc3c(n2)c2c(-c4cnccn4)ccc4c5cccc6c7nccnc7n(c(=C(c7ccncc7)c7ccncc7)n3c42)c56)cc1. The first kappa shape index (κ1) is 28.4. The van der Waals surface area contributed by atoms with Gasteiger partial charge in [0, 0.05) is 87.8 Å². The van der Waals surface area contributed by atoms with Gasteiger partial charge in [0.2, 0.25) is 0 Å². The third-order valence-electron chi connectivity index (χ3n) is 9.79. The highest BCUT2D eigenvalue weighted by molar-refractivity contribution is 6.25. The number of fused-ring (bicyclic) bond motifs is 7. The molecule has 0 saturated carbocycles. The molecule has 0 saturated heterocycles. The van der Waals surface area contributed by atoms with Gasteiger partial charge in [0.05, 0.1) is 34.8 Å². The number of benzene rings is 3. The van der Waals surface area contributed by atoms with E-state index in [-0.39, 0.29) is 0 Å². The molecule has 0 spiro atoms. The van der Waals surface area contributed by atoms with E-state index < -0.39 is 0 Å². The van der Waals surface area contributed by atoms with Gasteiger partial charge >= 0.3 is 0 Å². The van der Waals surface area contributed by atoms with E-state index in [2.05, 4.69) is 66.2 Å². The maximum atomic E-state index is 5.41. The van der Waals surface area contributed by atoms with Crippen LogP contribution in [0, 0.1) is 0 Å². The van der Waals surface area contributed by atoms with Crippen molar-refractivity contribution < 1.29 is 0 Å². The van der Waals surface area contributed by atoms with E-state index in [1.54, 1.807) is 31.0 Å². The average molecular weight is 669 g/mol. The number of para-hydroxylation sites is 1. The summed E-state index contributed by atoms with van der Waals surface area (Å²) in [6, 6.07) is 29.0. The minimum absolute atomic E-state index is 0.689. The summed E-state index contributed by atoms with van der Waals surface area (Å²) in [6.45, 7) is 0. The lowest BCUT2D eigenvalue weighted by molar-refractivity contribution is 0.997. The molecule has 10 nitrogen and oxygen atoms in total. The first-order chi connectivity index (χ1) is 25.8. The first-order valence-electron chi connectivity index (χ1n) is 16.8. The van der Waals surface area contributed by atoms with Gasteiger partial charge in [-0.1, -0.05) is 60.7 Å². The molecule has 0 aliphatic heterocycles. The molecule has 10 heteroatoms. The quantitative estimate of drug-likeness (QED) is 0.193. The van der Waals surface area contributed by atoms with Crippen molar-refractivity contribution in [3.63, 3.8) is 0 Å². The minimum Gasteiger partial charge on any atom is -0.276 e. The highest BCUT2D eigenvalue weighted by atomic mass is 15.1. The number of pyridine rings is 2. The zero-order valence-corrected chi connectivity index (χ0v) is 27.3. The van der Waals surface area contributed by atoms with E-state index in [1.807, 2.05) is 73.4 Å². The highest BCUT2D eigenvalue weighted by Gasteiger charge is 2.26. The van der Waals surface area contributed by atoms with Crippen molar-refractivity contribution in [1.82, 2.24) is 48.7 Å². The molecule has 0 radical (unpaired) electrons. The average Bonchev–Trinajstić information content (AvgIpc) is 3.70. The highest BCUT2D eigenvalue weighted by Crippen LogP contribution is 2.41. The van der Waals surface area contributed by atoms with Crippen LogP contribution in [0.2, 0.25) is 0 Å². The van der Waals surface area contributed by atoms with Crippen LogP contribution >= 0.6 is 0 Å². The van der Waals surface area contributed by atoms with Gasteiger partial charge in [-0.2, -0.15) is 0 Å². The molecular formula is C42H24N10. The fraction of sp³-hybridized carbons (Fsp3) is 0.